The zero-order chi connectivity index (χ0) is 16.3. The molecular formula is C12H8F3N3O4. The minimum absolute atomic E-state index is 0.0887. The molecule has 0 aliphatic carbocycles. The molecule has 1 heterocycles. The van der Waals surface area contributed by atoms with Crippen molar-refractivity contribution in [2.24, 2.45) is 0 Å². The minimum atomic E-state index is -4.46. The first-order chi connectivity index (χ1) is 10.3. The minimum Gasteiger partial charge on any atom is -0.480 e. The summed E-state index contributed by atoms with van der Waals surface area (Å²) in [5.74, 6) is -2.73. The molecule has 22 heavy (non-hydrogen) atoms. The Morgan fingerprint density at radius 1 is 1.23 bits per heavy atom. The summed E-state index contributed by atoms with van der Waals surface area (Å²) >= 11 is 0. The Balaban J connectivity index is 2.14. The number of hydrogen-bond acceptors (Lipinski definition) is 5. The van der Waals surface area contributed by atoms with E-state index in [0.717, 1.165) is 24.3 Å². The molecule has 0 aliphatic rings. The first-order valence-corrected chi connectivity index (χ1v) is 5.78. The van der Waals surface area contributed by atoms with Gasteiger partial charge in [0.1, 0.15) is 6.54 Å². The molecule has 2 aromatic rings. The van der Waals surface area contributed by atoms with Crippen LogP contribution in [0.5, 0.6) is 0 Å². The lowest BCUT2D eigenvalue weighted by molar-refractivity contribution is -0.138. The van der Waals surface area contributed by atoms with E-state index in [2.05, 4.69) is 14.7 Å². The number of carboxylic acid groups (broad SMARTS) is 1. The molecule has 116 valence electrons. The number of amides is 1. The van der Waals surface area contributed by atoms with Crippen molar-refractivity contribution in [3.8, 4) is 11.4 Å². The van der Waals surface area contributed by atoms with Crippen LogP contribution in [-0.4, -0.2) is 33.7 Å². The molecule has 0 unspecified atom stereocenters. The second-order valence-electron chi connectivity index (χ2n) is 4.07. The zero-order valence-corrected chi connectivity index (χ0v) is 10.7. The third kappa shape index (κ3) is 3.59. The second kappa shape index (κ2) is 5.84. The zero-order valence-electron chi connectivity index (χ0n) is 10.7. The van der Waals surface area contributed by atoms with E-state index in [4.69, 9.17) is 5.11 Å². The number of carboxylic acids is 1. The number of carbonyl (C=O) groups is 2. The van der Waals surface area contributed by atoms with Crippen LogP contribution >= 0.6 is 0 Å². The monoisotopic (exact) mass is 315 g/mol. The maximum absolute atomic E-state index is 12.4. The lowest BCUT2D eigenvalue weighted by Crippen LogP contribution is -2.29. The fourth-order valence-corrected chi connectivity index (χ4v) is 1.47. The van der Waals surface area contributed by atoms with Crippen LogP contribution in [0, 0.1) is 0 Å². The summed E-state index contributed by atoms with van der Waals surface area (Å²) in [4.78, 5) is 25.4. The standard InChI is InChI=1S/C12H8F3N3O4/c13-12(14,15)7-3-1-6(2-4-7)9-17-11(22-18-9)10(21)16-5-8(19)20/h1-4H,5H2,(H,16,21)(H,19,20). The van der Waals surface area contributed by atoms with Gasteiger partial charge in [-0.3, -0.25) is 9.59 Å². The molecule has 0 saturated heterocycles. The van der Waals surface area contributed by atoms with Gasteiger partial charge in [-0.2, -0.15) is 18.2 Å². The highest BCUT2D eigenvalue weighted by Crippen LogP contribution is 2.30. The molecule has 0 fully saturated rings. The molecule has 0 bridgehead atoms. The van der Waals surface area contributed by atoms with Gasteiger partial charge < -0.3 is 14.9 Å². The summed E-state index contributed by atoms with van der Waals surface area (Å²) in [6.45, 7) is -0.628. The highest BCUT2D eigenvalue weighted by molar-refractivity contribution is 5.91. The van der Waals surface area contributed by atoms with Crippen LogP contribution in [0.2, 0.25) is 0 Å². The molecule has 2 rings (SSSR count). The summed E-state index contributed by atoms with van der Waals surface area (Å²) in [5.41, 5.74) is -0.617. The number of aromatic nitrogens is 2. The first kappa shape index (κ1) is 15.5. The van der Waals surface area contributed by atoms with Gasteiger partial charge in [0.25, 0.3) is 0 Å². The molecule has 0 spiro atoms. The van der Waals surface area contributed by atoms with E-state index in [1.54, 1.807) is 0 Å². The lowest BCUT2D eigenvalue weighted by Gasteiger charge is -2.05. The Labute approximate surface area is 120 Å². The van der Waals surface area contributed by atoms with Gasteiger partial charge >= 0.3 is 23.9 Å². The number of nitrogens with one attached hydrogen (secondary N) is 1. The number of halogens is 3. The van der Waals surface area contributed by atoms with Crippen molar-refractivity contribution in [1.29, 1.82) is 0 Å². The van der Waals surface area contributed by atoms with Crippen LogP contribution in [-0.2, 0) is 11.0 Å². The van der Waals surface area contributed by atoms with Crippen molar-refractivity contribution in [2.75, 3.05) is 6.54 Å². The second-order valence-corrected chi connectivity index (χ2v) is 4.07. The number of carbonyl (C=O) groups excluding carboxylic acids is 1. The molecule has 10 heteroatoms. The van der Waals surface area contributed by atoms with Crippen molar-refractivity contribution >= 4 is 11.9 Å². The average Bonchev–Trinajstić information content (AvgIpc) is 2.93. The summed E-state index contributed by atoms with van der Waals surface area (Å²) in [5, 5.41) is 13.9. The number of hydrogen-bond donors (Lipinski definition) is 2. The van der Waals surface area contributed by atoms with Crippen molar-refractivity contribution < 1.29 is 32.4 Å². The van der Waals surface area contributed by atoms with Gasteiger partial charge in [0.05, 0.1) is 5.56 Å². The Hall–Kier alpha value is -2.91. The molecule has 1 aromatic carbocycles. The van der Waals surface area contributed by atoms with Crippen LogP contribution in [0.15, 0.2) is 28.8 Å². The topological polar surface area (TPSA) is 105 Å². The highest BCUT2D eigenvalue weighted by atomic mass is 19.4. The number of benzene rings is 1. The van der Waals surface area contributed by atoms with Gasteiger partial charge in [0.15, 0.2) is 0 Å². The van der Waals surface area contributed by atoms with E-state index in [1.807, 2.05) is 5.32 Å². The maximum atomic E-state index is 12.4. The fraction of sp³-hybridized carbons (Fsp3) is 0.167. The molecule has 1 amide bonds. The fourth-order valence-electron chi connectivity index (χ4n) is 1.47. The third-order valence-corrected chi connectivity index (χ3v) is 2.49. The molecule has 0 saturated carbocycles. The number of aliphatic carboxylic acids is 1. The summed E-state index contributed by atoms with van der Waals surface area (Å²) in [6.07, 6.45) is -4.46. The number of alkyl halides is 3. The van der Waals surface area contributed by atoms with Gasteiger partial charge in [-0.15, -0.1) is 0 Å². The van der Waals surface area contributed by atoms with Crippen molar-refractivity contribution in [2.45, 2.75) is 6.18 Å². The van der Waals surface area contributed by atoms with E-state index in [0.29, 0.717) is 0 Å². The van der Waals surface area contributed by atoms with E-state index in [1.165, 1.54) is 0 Å². The molecule has 0 atom stereocenters. The van der Waals surface area contributed by atoms with Crippen molar-refractivity contribution in [3.05, 3.63) is 35.7 Å². The Kier molecular flexibility index (Phi) is 4.11. The SMILES string of the molecule is O=C(O)CNC(=O)c1nc(-c2ccc(C(F)(F)F)cc2)no1. The predicted octanol–water partition coefficient (Wildman–Crippen LogP) is 1.57. The van der Waals surface area contributed by atoms with Crippen LogP contribution in [0.1, 0.15) is 16.2 Å². The third-order valence-electron chi connectivity index (χ3n) is 2.49. The van der Waals surface area contributed by atoms with E-state index in [-0.39, 0.29) is 11.4 Å². The summed E-state index contributed by atoms with van der Waals surface area (Å²) in [7, 11) is 0. The largest absolute Gasteiger partial charge is 0.480 e. The highest BCUT2D eigenvalue weighted by Gasteiger charge is 2.30. The van der Waals surface area contributed by atoms with Crippen molar-refractivity contribution in [1.82, 2.24) is 15.5 Å². The Bertz CT molecular complexity index is 694. The van der Waals surface area contributed by atoms with Crippen LogP contribution in [0.4, 0.5) is 13.2 Å². The molecule has 1 aromatic heterocycles. The van der Waals surface area contributed by atoms with E-state index >= 15 is 0 Å². The van der Waals surface area contributed by atoms with Gasteiger partial charge in [0, 0.05) is 5.56 Å². The Morgan fingerprint density at radius 2 is 1.86 bits per heavy atom. The normalized spacial score (nSPS) is 11.2. The Morgan fingerprint density at radius 3 is 2.41 bits per heavy atom. The molecule has 0 radical (unpaired) electrons. The molecule has 2 N–H and O–H groups in total. The quantitative estimate of drug-likeness (QED) is 0.887. The lowest BCUT2D eigenvalue weighted by atomic mass is 10.1. The molecule has 0 aliphatic heterocycles. The van der Waals surface area contributed by atoms with Crippen LogP contribution in [0.25, 0.3) is 11.4 Å². The molecule has 7 nitrogen and oxygen atoms in total. The first-order valence-electron chi connectivity index (χ1n) is 5.78. The van der Waals surface area contributed by atoms with Crippen LogP contribution in [0.3, 0.4) is 0 Å². The van der Waals surface area contributed by atoms with Crippen molar-refractivity contribution in [3.63, 3.8) is 0 Å². The van der Waals surface area contributed by atoms with E-state index in [9.17, 15) is 22.8 Å². The summed E-state index contributed by atoms with van der Waals surface area (Å²) in [6, 6.07) is 3.95. The smallest absolute Gasteiger partial charge is 0.416 e. The van der Waals surface area contributed by atoms with Gasteiger partial charge in [0.2, 0.25) is 5.82 Å². The van der Waals surface area contributed by atoms with E-state index < -0.39 is 36.1 Å². The molecular weight excluding hydrogens is 307 g/mol. The van der Waals surface area contributed by atoms with Gasteiger partial charge in [-0.25, -0.2) is 0 Å². The van der Waals surface area contributed by atoms with Gasteiger partial charge in [-0.05, 0) is 12.1 Å². The van der Waals surface area contributed by atoms with Gasteiger partial charge in [-0.1, -0.05) is 17.3 Å². The average molecular weight is 315 g/mol. The number of rotatable bonds is 4. The number of nitrogens with zero attached hydrogens (tertiary/aromatic N) is 2. The maximum Gasteiger partial charge on any atom is 0.416 e. The summed E-state index contributed by atoms with van der Waals surface area (Å²) < 4.78 is 41.9. The van der Waals surface area contributed by atoms with Crippen LogP contribution < -0.4 is 5.32 Å². The predicted molar refractivity (Wildman–Crippen MR) is 64.7 cm³/mol.